The van der Waals surface area contributed by atoms with E-state index in [0.29, 0.717) is 50.0 Å². The summed E-state index contributed by atoms with van der Waals surface area (Å²) in [7, 11) is 0. The zero-order chi connectivity index (χ0) is 22.5. The van der Waals surface area contributed by atoms with Gasteiger partial charge >= 0.3 is 0 Å². The van der Waals surface area contributed by atoms with Gasteiger partial charge in [0.2, 0.25) is 17.7 Å². The number of nitrogens with zero attached hydrogens (tertiary/aromatic N) is 2. The number of anilines is 1. The predicted molar refractivity (Wildman–Crippen MR) is 119 cm³/mol. The van der Waals surface area contributed by atoms with E-state index in [-0.39, 0.29) is 35.5 Å². The van der Waals surface area contributed by atoms with Crippen molar-refractivity contribution < 1.29 is 19.2 Å². The summed E-state index contributed by atoms with van der Waals surface area (Å²) in [5.74, 6) is -1.07. The lowest BCUT2D eigenvalue weighted by molar-refractivity contribution is -0.140. The van der Waals surface area contributed by atoms with E-state index in [0.717, 1.165) is 25.8 Å². The van der Waals surface area contributed by atoms with Crippen molar-refractivity contribution in [3.63, 3.8) is 0 Å². The Labute approximate surface area is 188 Å². The average Bonchev–Trinajstić information content (AvgIpc) is 3.03. The largest absolute Gasteiger partial charge is 0.352 e. The molecule has 2 aliphatic heterocycles. The van der Waals surface area contributed by atoms with Gasteiger partial charge < -0.3 is 10.2 Å². The molecular weight excluding hydrogens is 408 g/mol. The number of nitrogens with one attached hydrogen (secondary N) is 2. The van der Waals surface area contributed by atoms with Gasteiger partial charge in [0, 0.05) is 31.6 Å². The molecule has 2 heterocycles. The van der Waals surface area contributed by atoms with E-state index >= 15 is 0 Å². The molecule has 2 N–H and O–H groups in total. The van der Waals surface area contributed by atoms with E-state index < -0.39 is 0 Å². The molecule has 0 aromatic heterocycles. The molecule has 32 heavy (non-hydrogen) atoms. The molecule has 3 aliphatic rings. The Kier molecular flexibility index (Phi) is 6.87. The predicted octanol–water partition coefficient (Wildman–Crippen LogP) is 2.17. The first-order valence-electron chi connectivity index (χ1n) is 11.5. The van der Waals surface area contributed by atoms with E-state index in [1.165, 1.54) is 5.01 Å². The summed E-state index contributed by atoms with van der Waals surface area (Å²) in [6, 6.07) is 6.70. The van der Waals surface area contributed by atoms with Crippen LogP contribution in [0, 0.1) is 11.8 Å². The number of hydrazine groups is 1. The van der Waals surface area contributed by atoms with Gasteiger partial charge in [0.1, 0.15) is 0 Å². The fraction of sp³-hybridized carbons (Fsp3) is 0.500. The van der Waals surface area contributed by atoms with Crippen LogP contribution in [0.5, 0.6) is 0 Å². The second-order valence-electron chi connectivity index (χ2n) is 8.66. The molecule has 2 atom stereocenters. The molecule has 8 nitrogen and oxygen atoms in total. The van der Waals surface area contributed by atoms with Crippen LogP contribution in [0.15, 0.2) is 36.4 Å². The van der Waals surface area contributed by atoms with Crippen LogP contribution < -0.4 is 15.8 Å². The number of benzene rings is 1. The first kappa shape index (κ1) is 22.0. The van der Waals surface area contributed by atoms with Crippen LogP contribution in [-0.4, -0.2) is 48.2 Å². The fourth-order valence-corrected chi connectivity index (χ4v) is 4.62. The molecule has 0 saturated carbocycles. The van der Waals surface area contributed by atoms with Crippen LogP contribution in [0.4, 0.5) is 5.69 Å². The number of carbonyl (C=O) groups is 4. The summed E-state index contributed by atoms with van der Waals surface area (Å²) in [6.07, 6.45) is 9.39. The highest BCUT2D eigenvalue weighted by molar-refractivity contribution is 6.05. The molecule has 1 aliphatic carbocycles. The zero-order valence-corrected chi connectivity index (χ0v) is 18.2. The number of hydrogen-bond donors (Lipinski definition) is 2. The number of likely N-dealkylation sites (tertiary alicyclic amines) is 1. The van der Waals surface area contributed by atoms with Crippen molar-refractivity contribution in [3.8, 4) is 0 Å². The van der Waals surface area contributed by atoms with Crippen molar-refractivity contribution in [3.05, 3.63) is 42.0 Å². The first-order chi connectivity index (χ1) is 15.5. The third-order valence-corrected chi connectivity index (χ3v) is 6.46. The van der Waals surface area contributed by atoms with Crippen molar-refractivity contribution in [2.45, 2.75) is 44.9 Å². The monoisotopic (exact) mass is 438 g/mol. The standard InChI is InChI=1S/C24H30N4O4/c29-21-12-2-1-5-14-27(21)15-7-13-25-22(30)17-8-6-9-18(16-17)28-24(32)20-11-4-3-10-19(20)23(31)26-28/h3-4,6,8-9,16,19-20H,1-2,5,7,10-15H2,(H,25,30)(H,26,31)/t19-,20-/m1/s1. The minimum Gasteiger partial charge on any atom is -0.352 e. The van der Waals surface area contributed by atoms with Crippen LogP contribution >= 0.6 is 0 Å². The molecule has 0 unspecified atom stereocenters. The highest BCUT2D eigenvalue weighted by atomic mass is 16.2. The molecule has 2 fully saturated rings. The topological polar surface area (TPSA) is 98.8 Å². The molecule has 0 spiro atoms. The summed E-state index contributed by atoms with van der Waals surface area (Å²) >= 11 is 0. The SMILES string of the molecule is O=C(NCCCN1CCCCCC1=O)c1cccc(N2NC(=O)[C@@H]3CC=CC[C@H]3C2=O)c1. The van der Waals surface area contributed by atoms with Crippen molar-refractivity contribution in [1.29, 1.82) is 0 Å². The fourth-order valence-electron chi connectivity index (χ4n) is 4.62. The minimum absolute atomic E-state index is 0.154. The Morgan fingerprint density at radius 3 is 2.72 bits per heavy atom. The molecule has 170 valence electrons. The zero-order valence-electron chi connectivity index (χ0n) is 18.2. The molecular formula is C24H30N4O4. The van der Waals surface area contributed by atoms with Gasteiger partial charge in [-0.25, -0.2) is 5.01 Å². The Bertz CT molecular complexity index is 928. The van der Waals surface area contributed by atoms with E-state index in [2.05, 4.69) is 10.7 Å². The number of hydrogen-bond acceptors (Lipinski definition) is 4. The number of fused-ring (bicyclic) bond motifs is 1. The maximum absolute atomic E-state index is 12.9. The highest BCUT2D eigenvalue weighted by Gasteiger charge is 2.42. The number of carbonyl (C=O) groups excluding carboxylic acids is 4. The highest BCUT2D eigenvalue weighted by Crippen LogP contribution is 2.32. The van der Waals surface area contributed by atoms with Gasteiger partial charge in [0.25, 0.3) is 5.91 Å². The Balaban J connectivity index is 1.33. The first-order valence-corrected chi connectivity index (χ1v) is 11.5. The number of rotatable bonds is 6. The maximum atomic E-state index is 12.9. The summed E-state index contributed by atoms with van der Waals surface area (Å²) in [5, 5.41) is 4.16. The molecule has 2 saturated heterocycles. The van der Waals surface area contributed by atoms with Gasteiger partial charge in [-0.05, 0) is 50.3 Å². The molecule has 4 rings (SSSR count). The average molecular weight is 439 g/mol. The lowest BCUT2D eigenvalue weighted by Gasteiger charge is -2.38. The molecule has 4 amide bonds. The van der Waals surface area contributed by atoms with E-state index in [9.17, 15) is 19.2 Å². The van der Waals surface area contributed by atoms with Crippen molar-refractivity contribution in [2.24, 2.45) is 11.8 Å². The third-order valence-electron chi connectivity index (χ3n) is 6.46. The van der Waals surface area contributed by atoms with Gasteiger partial charge in [0.15, 0.2) is 0 Å². The summed E-state index contributed by atoms with van der Waals surface area (Å²) in [5.41, 5.74) is 3.58. The summed E-state index contributed by atoms with van der Waals surface area (Å²) in [4.78, 5) is 52.0. The quantitative estimate of drug-likeness (QED) is 0.525. The number of allylic oxidation sites excluding steroid dienone is 2. The molecule has 0 bridgehead atoms. The third kappa shape index (κ3) is 4.84. The smallest absolute Gasteiger partial charge is 0.251 e. The van der Waals surface area contributed by atoms with E-state index in [4.69, 9.17) is 0 Å². The molecule has 1 aromatic rings. The van der Waals surface area contributed by atoms with Gasteiger partial charge in [-0.2, -0.15) is 0 Å². The molecule has 1 aromatic carbocycles. The van der Waals surface area contributed by atoms with Crippen LogP contribution in [-0.2, 0) is 14.4 Å². The maximum Gasteiger partial charge on any atom is 0.251 e. The van der Waals surface area contributed by atoms with Crippen molar-refractivity contribution >= 4 is 29.3 Å². The Hall–Kier alpha value is -3.16. The van der Waals surface area contributed by atoms with Gasteiger partial charge in [-0.1, -0.05) is 24.6 Å². The minimum atomic E-state index is -0.368. The molecule has 0 radical (unpaired) electrons. The van der Waals surface area contributed by atoms with Crippen molar-refractivity contribution in [1.82, 2.24) is 15.6 Å². The summed E-state index contributed by atoms with van der Waals surface area (Å²) in [6.45, 7) is 1.90. The second-order valence-corrected chi connectivity index (χ2v) is 8.66. The van der Waals surface area contributed by atoms with E-state index in [1.54, 1.807) is 24.3 Å². The molecule has 8 heteroatoms. The van der Waals surface area contributed by atoms with Crippen LogP contribution in [0.2, 0.25) is 0 Å². The van der Waals surface area contributed by atoms with Crippen molar-refractivity contribution in [2.75, 3.05) is 24.6 Å². The number of amides is 4. The normalized spacial score (nSPS) is 23.4. The lowest BCUT2D eigenvalue weighted by atomic mass is 9.80. The van der Waals surface area contributed by atoms with Gasteiger partial charge in [-0.15, -0.1) is 0 Å². The summed E-state index contributed by atoms with van der Waals surface area (Å²) < 4.78 is 0. The Morgan fingerprint density at radius 1 is 1.06 bits per heavy atom. The van der Waals surface area contributed by atoms with Gasteiger partial charge in [0.05, 0.1) is 17.5 Å². The Morgan fingerprint density at radius 2 is 1.88 bits per heavy atom. The van der Waals surface area contributed by atoms with Crippen LogP contribution in [0.1, 0.15) is 55.3 Å². The lowest BCUT2D eigenvalue weighted by Crippen LogP contribution is -2.59. The second kappa shape index (κ2) is 9.97. The van der Waals surface area contributed by atoms with Crippen LogP contribution in [0.25, 0.3) is 0 Å². The van der Waals surface area contributed by atoms with Crippen LogP contribution in [0.3, 0.4) is 0 Å². The van der Waals surface area contributed by atoms with E-state index in [1.807, 2.05) is 17.1 Å². The van der Waals surface area contributed by atoms with Gasteiger partial charge in [-0.3, -0.25) is 24.6 Å².